The molecule has 2 atom stereocenters. The zero-order chi connectivity index (χ0) is 17.6. The van der Waals surface area contributed by atoms with Crippen LogP contribution in [-0.4, -0.2) is 49.2 Å². The molecule has 0 radical (unpaired) electrons. The van der Waals surface area contributed by atoms with Crippen molar-refractivity contribution in [2.24, 2.45) is 5.92 Å². The quantitative estimate of drug-likeness (QED) is 0.772. The molecule has 0 aromatic heterocycles. The standard InChI is InChI=1S/C20H31N3O2.2ClH/c1-15-7-10-23(11-8-15)14-18-6-4-3-5-17(18)13-22-20(24)19-16(2)25-12-9-21-19;;/h3-6,15-16,19,21H,7-14H2,1-2H3,(H,22,24);2*1H/t16-,19+;;/m1../s1. The molecule has 2 fully saturated rings. The number of ether oxygens (including phenoxy) is 1. The zero-order valence-corrected chi connectivity index (χ0v) is 17.9. The molecule has 1 aromatic carbocycles. The van der Waals surface area contributed by atoms with Crippen molar-refractivity contribution in [3.8, 4) is 0 Å². The van der Waals surface area contributed by atoms with Gasteiger partial charge in [-0.15, -0.1) is 24.8 Å². The van der Waals surface area contributed by atoms with Crippen LogP contribution in [0.4, 0.5) is 0 Å². The lowest BCUT2D eigenvalue weighted by Crippen LogP contribution is -2.55. The van der Waals surface area contributed by atoms with Gasteiger partial charge in [0.1, 0.15) is 6.04 Å². The van der Waals surface area contributed by atoms with Gasteiger partial charge in [-0.3, -0.25) is 9.69 Å². The highest BCUT2D eigenvalue weighted by Gasteiger charge is 2.28. The minimum Gasteiger partial charge on any atom is -0.375 e. The first-order valence-corrected chi connectivity index (χ1v) is 9.55. The molecule has 2 heterocycles. The fourth-order valence-corrected chi connectivity index (χ4v) is 3.66. The van der Waals surface area contributed by atoms with E-state index in [9.17, 15) is 4.79 Å². The molecular weight excluding hydrogens is 385 g/mol. The molecule has 2 N–H and O–H groups in total. The Morgan fingerprint density at radius 2 is 1.85 bits per heavy atom. The minimum absolute atomic E-state index is 0. The van der Waals surface area contributed by atoms with Crippen molar-refractivity contribution in [3.05, 3.63) is 35.4 Å². The maximum Gasteiger partial charge on any atom is 0.240 e. The number of amides is 1. The molecule has 7 heteroatoms. The maximum absolute atomic E-state index is 12.5. The Labute approximate surface area is 175 Å². The molecule has 1 aromatic rings. The van der Waals surface area contributed by atoms with Gasteiger partial charge in [0.2, 0.25) is 5.91 Å². The van der Waals surface area contributed by atoms with Crippen LogP contribution in [0.3, 0.4) is 0 Å². The summed E-state index contributed by atoms with van der Waals surface area (Å²) in [6, 6.07) is 8.18. The smallest absolute Gasteiger partial charge is 0.240 e. The minimum atomic E-state index is -0.260. The normalized spacial score (nSPS) is 23.8. The Morgan fingerprint density at radius 1 is 1.19 bits per heavy atom. The first-order chi connectivity index (χ1) is 12.1. The van der Waals surface area contributed by atoms with Crippen LogP contribution in [0.5, 0.6) is 0 Å². The average molecular weight is 418 g/mol. The number of halogens is 2. The van der Waals surface area contributed by atoms with E-state index in [-0.39, 0.29) is 42.9 Å². The van der Waals surface area contributed by atoms with Crippen LogP contribution in [0.1, 0.15) is 37.8 Å². The van der Waals surface area contributed by atoms with Gasteiger partial charge in [-0.05, 0) is 49.9 Å². The van der Waals surface area contributed by atoms with Gasteiger partial charge < -0.3 is 15.4 Å². The number of carbonyl (C=O) groups is 1. The average Bonchev–Trinajstić information content (AvgIpc) is 2.63. The molecule has 154 valence electrons. The number of nitrogens with zero attached hydrogens (tertiary/aromatic N) is 1. The van der Waals surface area contributed by atoms with Crippen LogP contribution in [0, 0.1) is 5.92 Å². The van der Waals surface area contributed by atoms with Gasteiger partial charge in [-0.25, -0.2) is 0 Å². The van der Waals surface area contributed by atoms with Gasteiger partial charge in [-0.2, -0.15) is 0 Å². The highest BCUT2D eigenvalue weighted by molar-refractivity contribution is 5.85. The fourth-order valence-electron chi connectivity index (χ4n) is 3.66. The van der Waals surface area contributed by atoms with E-state index in [1.54, 1.807) is 0 Å². The number of benzene rings is 1. The fraction of sp³-hybridized carbons (Fsp3) is 0.650. The number of hydrogen-bond acceptors (Lipinski definition) is 4. The number of rotatable bonds is 5. The van der Waals surface area contributed by atoms with Crippen molar-refractivity contribution in [3.63, 3.8) is 0 Å². The monoisotopic (exact) mass is 417 g/mol. The summed E-state index contributed by atoms with van der Waals surface area (Å²) in [6.07, 6.45) is 2.48. The molecule has 1 amide bonds. The van der Waals surface area contributed by atoms with Crippen LogP contribution in [-0.2, 0) is 22.6 Å². The third-order valence-electron chi connectivity index (χ3n) is 5.44. The topological polar surface area (TPSA) is 53.6 Å². The second kappa shape index (κ2) is 11.9. The van der Waals surface area contributed by atoms with E-state index in [0.717, 1.165) is 19.0 Å². The first-order valence-electron chi connectivity index (χ1n) is 9.55. The van der Waals surface area contributed by atoms with E-state index < -0.39 is 0 Å². The Kier molecular flexibility index (Phi) is 10.6. The second-order valence-electron chi connectivity index (χ2n) is 7.45. The number of morpholine rings is 1. The first kappa shape index (κ1) is 24.2. The third-order valence-corrected chi connectivity index (χ3v) is 5.44. The van der Waals surface area contributed by atoms with E-state index in [0.29, 0.717) is 13.2 Å². The largest absolute Gasteiger partial charge is 0.375 e. The van der Waals surface area contributed by atoms with Crippen molar-refractivity contribution in [1.29, 1.82) is 0 Å². The van der Waals surface area contributed by atoms with E-state index in [1.807, 2.05) is 13.0 Å². The van der Waals surface area contributed by atoms with Gasteiger partial charge in [-0.1, -0.05) is 31.2 Å². The summed E-state index contributed by atoms with van der Waals surface area (Å²) >= 11 is 0. The Morgan fingerprint density at radius 3 is 2.52 bits per heavy atom. The molecule has 0 aliphatic carbocycles. The van der Waals surface area contributed by atoms with E-state index in [2.05, 4.69) is 40.7 Å². The highest BCUT2D eigenvalue weighted by atomic mass is 35.5. The molecule has 27 heavy (non-hydrogen) atoms. The summed E-state index contributed by atoms with van der Waals surface area (Å²) in [7, 11) is 0. The summed E-state index contributed by atoms with van der Waals surface area (Å²) in [4.78, 5) is 15.0. The van der Waals surface area contributed by atoms with E-state index in [4.69, 9.17) is 4.74 Å². The molecule has 0 saturated carbocycles. The molecular formula is C20H33Cl2N3O2. The Hall–Kier alpha value is -0.850. The number of carbonyl (C=O) groups excluding carboxylic acids is 1. The maximum atomic E-state index is 12.5. The van der Waals surface area contributed by atoms with Crippen LogP contribution in [0.2, 0.25) is 0 Å². The molecule has 2 aliphatic rings. The second-order valence-corrected chi connectivity index (χ2v) is 7.45. The highest BCUT2D eigenvalue weighted by Crippen LogP contribution is 2.19. The lowest BCUT2D eigenvalue weighted by Gasteiger charge is -2.31. The van der Waals surface area contributed by atoms with Crippen molar-refractivity contribution in [2.75, 3.05) is 26.2 Å². The molecule has 5 nitrogen and oxygen atoms in total. The lowest BCUT2D eigenvalue weighted by atomic mass is 9.98. The molecule has 0 spiro atoms. The Balaban J connectivity index is 0.00000182. The van der Waals surface area contributed by atoms with E-state index in [1.165, 1.54) is 37.1 Å². The van der Waals surface area contributed by atoms with Gasteiger partial charge >= 0.3 is 0 Å². The van der Waals surface area contributed by atoms with Crippen LogP contribution < -0.4 is 10.6 Å². The molecule has 2 saturated heterocycles. The Bertz CT molecular complexity index is 580. The number of piperidine rings is 1. The molecule has 0 unspecified atom stereocenters. The molecule has 3 rings (SSSR count). The van der Waals surface area contributed by atoms with Crippen molar-refractivity contribution in [1.82, 2.24) is 15.5 Å². The zero-order valence-electron chi connectivity index (χ0n) is 16.3. The van der Waals surface area contributed by atoms with Crippen molar-refractivity contribution < 1.29 is 9.53 Å². The number of likely N-dealkylation sites (tertiary alicyclic amines) is 1. The van der Waals surface area contributed by atoms with Crippen LogP contribution in [0.15, 0.2) is 24.3 Å². The predicted octanol–water partition coefficient (Wildman–Crippen LogP) is 2.76. The molecule has 0 bridgehead atoms. The SMILES string of the molecule is CC1CCN(Cc2ccccc2CNC(=O)[C@H]2NCCO[C@@H]2C)CC1.Cl.Cl. The van der Waals surface area contributed by atoms with Crippen molar-refractivity contribution in [2.45, 2.75) is 51.9 Å². The number of hydrogen-bond donors (Lipinski definition) is 2. The van der Waals surface area contributed by atoms with Crippen LogP contribution in [0.25, 0.3) is 0 Å². The molecule has 2 aliphatic heterocycles. The predicted molar refractivity (Wildman–Crippen MR) is 114 cm³/mol. The van der Waals surface area contributed by atoms with Crippen LogP contribution >= 0.6 is 24.8 Å². The summed E-state index contributed by atoms with van der Waals surface area (Å²) < 4.78 is 5.57. The van der Waals surface area contributed by atoms with Crippen molar-refractivity contribution >= 4 is 30.7 Å². The number of nitrogens with one attached hydrogen (secondary N) is 2. The summed E-state index contributed by atoms with van der Waals surface area (Å²) in [5.41, 5.74) is 2.53. The summed E-state index contributed by atoms with van der Waals surface area (Å²) in [5, 5.41) is 6.33. The summed E-state index contributed by atoms with van der Waals surface area (Å²) in [6.45, 7) is 9.57. The van der Waals surface area contributed by atoms with Gasteiger partial charge in [0.25, 0.3) is 0 Å². The van der Waals surface area contributed by atoms with Gasteiger partial charge in [0.05, 0.1) is 12.7 Å². The van der Waals surface area contributed by atoms with Gasteiger partial charge in [0, 0.05) is 19.6 Å². The summed E-state index contributed by atoms with van der Waals surface area (Å²) in [5.74, 6) is 0.867. The third kappa shape index (κ3) is 6.91. The van der Waals surface area contributed by atoms with Gasteiger partial charge in [0.15, 0.2) is 0 Å². The van der Waals surface area contributed by atoms with E-state index >= 15 is 0 Å². The lowest BCUT2D eigenvalue weighted by molar-refractivity contribution is -0.129.